The van der Waals surface area contributed by atoms with Gasteiger partial charge in [-0.15, -0.1) is 0 Å². The fraction of sp³-hybridized carbons (Fsp3) is 1.00. The molecule has 9 heavy (non-hydrogen) atoms. The van der Waals surface area contributed by atoms with Gasteiger partial charge in [0.1, 0.15) is 0 Å². The molecule has 0 heterocycles. The Morgan fingerprint density at radius 1 is 0.889 bits per heavy atom. The Hall–Kier alpha value is 2.35. The van der Waals surface area contributed by atoms with Crippen molar-refractivity contribution in [3.8, 4) is 0 Å². The van der Waals surface area contributed by atoms with Crippen molar-refractivity contribution in [1.29, 1.82) is 0 Å². The second-order valence-electron chi connectivity index (χ2n) is 1.61. The molecule has 0 aliphatic carbocycles. The molecule has 48 valence electrons. The first-order chi connectivity index (χ1) is 3.41. The molecule has 0 saturated heterocycles. The van der Waals surface area contributed by atoms with Crippen molar-refractivity contribution in [2.45, 2.75) is 26.7 Å². The standard InChI is InChI=1S/C6H14S.2Na.2H/c1-3-5-7-6-4-2;;;;/h3-6H2,1-2H3;;;;. The molecular formula is C6H16Na2S. The molecule has 3 heteroatoms. The number of rotatable bonds is 4. The molecular weight excluding hydrogens is 150 g/mol. The van der Waals surface area contributed by atoms with E-state index < -0.39 is 0 Å². The van der Waals surface area contributed by atoms with Crippen LogP contribution >= 0.6 is 11.8 Å². The van der Waals surface area contributed by atoms with Crippen molar-refractivity contribution in [2.24, 2.45) is 0 Å². The van der Waals surface area contributed by atoms with Crippen LogP contribution in [0.4, 0.5) is 0 Å². The summed E-state index contributed by atoms with van der Waals surface area (Å²) in [6.45, 7) is 4.45. The van der Waals surface area contributed by atoms with E-state index in [2.05, 4.69) is 25.6 Å². The monoisotopic (exact) mass is 166 g/mol. The molecule has 0 atom stereocenters. The Morgan fingerprint density at radius 3 is 1.44 bits per heavy atom. The van der Waals surface area contributed by atoms with Gasteiger partial charge in [-0.1, -0.05) is 13.8 Å². The van der Waals surface area contributed by atoms with Gasteiger partial charge in [-0.2, -0.15) is 11.8 Å². The summed E-state index contributed by atoms with van der Waals surface area (Å²) in [5.41, 5.74) is 0. The van der Waals surface area contributed by atoms with Crippen LogP contribution < -0.4 is 0 Å². The van der Waals surface area contributed by atoms with Gasteiger partial charge in [0.25, 0.3) is 0 Å². The van der Waals surface area contributed by atoms with E-state index in [-0.39, 0.29) is 59.1 Å². The van der Waals surface area contributed by atoms with Crippen LogP contribution in [0, 0.1) is 0 Å². The summed E-state index contributed by atoms with van der Waals surface area (Å²) in [6.07, 6.45) is 2.65. The first kappa shape index (κ1) is 17.4. The van der Waals surface area contributed by atoms with E-state index in [9.17, 15) is 0 Å². The van der Waals surface area contributed by atoms with Gasteiger partial charge < -0.3 is 0 Å². The van der Waals surface area contributed by atoms with Gasteiger partial charge in [-0.25, -0.2) is 0 Å². The van der Waals surface area contributed by atoms with Crippen LogP contribution in [0.2, 0.25) is 0 Å². The first-order valence-electron chi connectivity index (χ1n) is 2.99. The summed E-state index contributed by atoms with van der Waals surface area (Å²) in [5, 5.41) is 0. The maximum absolute atomic E-state index is 2.22. The van der Waals surface area contributed by atoms with E-state index in [1.165, 1.54) is 24.3 Å². The van der Waals surface area contributed by atoms with E-state index in [1.54, 1.807) is 0 Å². The molecule has 0 nitrogen and oxygen atoms in total. The quantitative estimate of drug-likeness (QED) is 0.447. The molecule has 0 unspecified atom stereocenters. The summed E-state index contributed by atoms with van der Waals surface area (Å²) in [5.74, 6) is 2.68. The summed E-state index contributed by atoms with van der Waals surface area (Å²) in [4.78, 5) is 0. The second-order valence-corrected chi connectivity index (χ2v) is 2.84. The van der Waals surface area contributed by atoms with E-state index >= 15 is 0 Å². The Morgan fingerprint density at radius 2 is 1.22 bits per heavy atom. The molecule has 0 bridgehead atoms. The number of hydrogen-bond acceptors (Lipinski definition) is 1. The fourth-order valence-electron chi connectivity index (χ4n) is 0.391. The Kier molecular flexibility index (Phi) is 32.5. The first-order valence-corrected chi connectivity index (χ1v) is 4.15. The number of hydrogen-bond donors (Lipinski definition) is 0. The average Bonchev–Trinajstić information content (AvgIpc) is 1.69. The average molecular weight is 166 g/mol. The summed E-state index contributed by atoms with van der Waals surface area (Å²) >= 11 is 2.05. The minimum absolute atomic E-state index is 0. The van der Waals surface area contributed by atoms with Crippen LogP contribution in [0.5, 0.6) is 0 Å². The topological polar surface area (TPSA) is 0 Å². The summed E-state index contributed by atoms with van der Waals surface area (Å²) in [7, 11) is 0. The van der Waals surface area contributed by atoms with E-state index in [4.69, 9.17) is 0 Å². The van der Waals surface area contributed by atoms with Gasteiger partial charge in [0, 0.05) is 0 Å². The van der Waals surface area contributed by atoms with Gasteiger partial charge in [-0.3, -0.25) is 0 Å². The molecule has 0 amide bonds. The van der Waals surface area contributed by atoms with E-state index in [1.807, 2.05) is 0 Å². The van der Waals surface area contributed by atoms with Gasteiger partial charge in [0.2, 0.25) is 0 Å². The van der Waals surface area contributed by atoms with Gasteiger partial charge in [-0.05, 0) is 24.3 Å². The molecule has 0 aromatic carbocycles. The summed E-state index contributed by atoms with van der Waals surface area (Å²) in [6, 6.07) is 0. The van der Waals surface area contributed by atoms with Crippen molar-refractivity contribution in [3.63, 3.8) is 0 Å². The minimum atomic E-state index is 0. The zero-order valence-corrected chi connectivity index (χ0v) is 6.05. The van der Waals surface area contributed by atoms with Crippen molar-refractivity contribution < 1.29 is 0 Å². The van der Waals surface area contributed by atoms with Crippen LogP contribution in [0.25, 0.3) is 0 Å². The Bertz CT molecular complexity index is 30.2. The Labute approximate surface area is 108 Å². The SMILES string of the molecule is CCCSCCC.[NaH].[NaH]. The van der Waals surface area contributed by atoms with E-state index in [0.717, 1.165) is 0 Å². The molecule has 0 aromatic rings. The van der Waals surface area contributed by atoms with Crippen LogP contribution in [0.1, 0.15) is 26.7 Å². The fourth-order valence-corrected chi connectivity index (χ4v) is 1.17. The third kappa shape index (κ3) is 17.9. The third-order valence-corrected chi connectivity index (χ3v) is 2.09. The van der Waals surface area contributed by atoms with Crippen LogP contribution in [-0.2, 0) is 0 Å². The molecule has 0 radical (unpaired) electrons. The van der Waals surface area contributed by atoms with Crippen LogP contribution in [-0.4, -0.2) is 70.6 Å². The van der Waals surface area contributed by atoms with Crippen LogP contribution in [0.15, 0.2) is 0 Å². The molecule has 0 aliphatic rings. The zero-order chi connectivity index (χ0) is 5.54. The third-order valence-electron chi connectivity index (χ3n) is 0.697. The molecule has 0 rings (SSSR count). The zero-order valence-electron chi connectivity index (χ0n) is 5.24. The molecule has 0 saturated carbocycles. The Balaban J connectivity index is -0.000000180. The normalized spacial score (nSPS) is 7.33. The van der Waals surface area contributed by atoms with Crippen molar-refractivity contribution >= 4 is 70.9 Å². The molecule has 0 aromatic heterocycles. The van der Waals surface area contributed by atoms with Gasteiger partial charge >= 0.3 is 59.1 Å². The molecule has 0 spiro atoms. The predicted molar refractivity (Wildman–Crippen MR) is 52.2 cm³/mol. The second kappa shape index (κ2) is 16.7. The van der Waals surface area contributed by atoms with Crippen molar-refractivity contribution in [3.05, 3.63) is 0 Å². The van der Waals surface area contributed by atoms with Gasteiger partial charge in [0.15, 0.2) is 0 Å². The number of thioether (sulfide) groups is 1. The van der Waals surface area contributed by atoms with Crippen molar-refractivity contribution in [1.82, 2.24) is 0 Å². The molecule has 0 aliphatic heterocycles. The van der Waals surface area contributed by atoms with Crippen LogP contribution in [0.3, 0.4) is 0 Å². The maximum atomic E-state index is 2.22. The van der Waals surface area contributed by atoms with Crippen molar-refractivity contribution in [2.75, 3.05) is 11.5 Å². The summed E-state index contributed by atoms with van der Waals surface area (Å²) < 4.78 is 0. The predicted octanol–water partition coefficient (Wildman–Crippen LogP) is 1.24. The molecule has 0 fully saturated rings. The van der Waals surface area contributed by atoms with E-state index in [0.29, 0.717) is 0 Å². The van der Waals surface area contributed by atoms with Gasteiger partial charge in [0.05, 0.1) is 0 Å². The molecule has 0 N–H and O–H groups in total.